The highest BCUT2D eigenvalue weighted by Gasteiger charge is 1.90. The Labute approximate surface area is 69.4 Å². The maximum Gasteiger partial charge on any atom is 0.112 e. The van der Waals surface area contributed by atoms with Crippen LogP contribution in [-0.4, -0.2) is 21.8 Å². The standard InChI is InChI=1S/C6H5N3.CH3Cl/c1-2-4-6-5(3-1)7-9-8-6;1-2/h1-4H,(H,7,8,9);1H3. The van der Waals surface area contributed by atoms with Crippen molar-refractivity contribution in [2.45, 2.75) is 0 Å². The van der Waals surface area contributed by atoms with Gasteiger partial charge in [0.1, 0.15) is 5.52 Å². The summed E-state index contributed by atoms with van der Waals surface area (Å²) < 4.78 is 0. The third-order valence-corrected chi connectivity index (χ3v) is 1.23. The second-order valence-electron chi connectivity index (χ2n) is 1.83. The first kappa shape index (κ1) is 8.01. The zero-order valence-corrected chi connectivity index (χ0v) is 6.84. The quantitative estimate of drug-likeness (QED) is 0.612. The number of halogens is 1. The molecule has 11 heavy (non-hydrogen) atoms. The molecule has 0 radical (unpaired) electrons. The number of aromatic amines is 1. The molecule has 0 amide bonds. The largest absolute Gasteiger partial charge is 0.258 e. The summed E-state index contributed by atoms with van der Waals surface area (Å²) in [5.74, 6) is 0. The Morgan fingerprint density at radius 2 is 2.00 bits per heavy atom. The Morgan fingerprint density at radius 3 is 2.73 bits per heavy atom. The molecule has 0 atom stereocenters. The Balaban J connectivity index is 0.000000281. The van der Waals surface area contributed by atoms with Gasteiger partial charge in [-0.1, -0.05) is 17.3 Å². The average molecular weight is 170 g/mol. The van der Waals surface area contributed by atoms with Crippen molar-refractivity contribution in [3.63, 3.8) is 0 Å². The molecule has 0 fully saturated rings. The van der Waals surface area contributed by atoms with Crippen LogP contribution in [0.1, 0.15) is 0 Å². The van der Waals surface area contributed by atoms with Crippen LogP contribution in [0, 0.1) is 0 Å². The van der Waals surface area contributed by atoms with Gasteiger partial charge in [0.05, 0.1) is 5.52 Å². The number of hydrogen-bond donors (Lipinski definition) is 1. The van der Waals surface area contributed by atoms with Crippen molar-refractivity contribution in [2.24, 2.45) is 0 Å². The number of hydrogen-bond acceptors (Lipinski definition) is 2. The molecular weight excluding hydrogens is 162 g/mol. The second kappa shape index (κ2) is 3.93. The number of H-pyrrole nitrogens is 1. The molecule has 3 nitrogen and oxygen atoms in total. The molecule has 0 saturated carbocycles. The number of nitrogens with zero attached hydrogens (tertiary/aromatic N) is 2. The van der Waals surface area contributed by atoms with Crippen LogP contribution in [0.2, 0.25) is 0 Å². The van der Waals surface area contributed by atoms with Gasteiger partial charge in [-0.2, -0.15) is 0 Å². The predicted molar refractivity (Wildman–Crippen MR) is 45.7 cm³/mol. The van der Waals surface area contributed by atoms with E-state index < -0.39 is 0 Å². The van der Waals surface area contributed by atoms with Crippen LogP contribution in [0.5, 0.6) is 0 Å². The van der Waals surface area contributed by atoms with Gasteiger partial charge in [-0.05, 0) is 12.1 Å². The highest BCUT2D eigenvalue weighted by atomic mass is 35.5. The van der Waals surface area contributed by atoms with Crippen molar-refractivity contribution in [1.29, 1.82) is 0 Å². The molecule has 1 aromatic heterocycles. The van der Waals surface area contributed by atoms with Gasteiger partial charge < -0.3 is 0 Å². The Morgan fingerprint density at radius 1 is 1.27 bits per heavy atom. The monoisotopic (exact) mass is 169 g/mol. The topological polar surface area (TPSA) is 41.6 Å². The molecule has 58 valence electrons. The highest BCUT2D eigenvalue weighted by Crippen LogP contribution is 2.03. The summed E-state index contributed by atoms with van der Waals surface area (Å²) in [6, 6.07) is 7.74. The lowest BCUT2D eigenvalue weighted by Crippen LogP contribution is -1.63. The van der Waals surface area contributed by atoms with Gasteiger partial charge in [0.15, 0.2) is 0 Å². The van der Waals surface area contributed by atoms with Crippen molar-refractivity contribution < 1.29 is 0 Å². The van der Waals surface area contributed by atoms with Crippen LogP contribution < -0.4 is 0 Å². The molecule has 0 unspecified atom stereocenters. The van der Waals surface area contributed by atoms with Gasteiger partial charge in [-0.15, -0.1) is 16.7 Å². The van der Waals surface area contributed by atoms with E-state index in [4.69, 9.17) is 0 Å². The smallest absolute Gasteiger partial charge is 0.112 e. The maximum absolute atomic E-state index is 4.64. The fourth-order valence-electron chi connectivity index (χ4n) is 0.788. The number of fused-ring (bicyclic) bond motifs is 1. The molecule has 0 saturated heterocycles. The van der Waals surface area contributed by atoms with Crippen LogP contribution in [-0.2, 0) is 0 Å². The van der Waals surface area contributed by atoms with Crippen molar-refractivity contribution in [2.75, 3.05) is 6.38 Å². The average Bonchev–Trinajstić information content (AvgIpc) is 2.55. The van der Waals surface area contributed by atoms with Gasteiger partial charge in [0.2, 0.25) is 0 Å². The molecule has 1 aromatic carbocycles. The highest BCUT2D eigenvalue weighted by molar-refractivity contribution is 6.15. The minimum atomic E-state index is 0.914. The van der Waals surface area contributed by atoms with Crippen LogP contribution in [0.3, 0.4) is 0 Å². The molecule has 4 heteroatoms. The predicted octanol–water partition coefficient (Wildman–Crippen LogP) is 1.81. The van der Waals surface area contributed by atoms with Crippen molar-refractivity contribution in [1.82, 2.24) is 15.4 Å². The van der Waals surface area contributed by atoms with Crippen LogP contribution in [0.15, 0.2) is 24.3 Å². The molecule has 0 aliphatic heterocycles. The third-order valence-electron chi connectivity index (χ3n) is 1.23. The van der Waals surface area contributed by atoms with Gasteiger partial charge in [-0.3, -0.25) is 5.10 Å². The van der Waals surface area contributed by atoms with Crippen LogP contribution in [0.4, 0.5) is 0 Å². The lowest BCUT2D eigenvalue weighted by Gasteiger charge is -1.79. The summed E-state index contributed by atoms with van der Waals surface area (Å²) >= 11 is 4.64. The van der Waals surface area contributed by atoms with Crippen LogP contribution in [0.25, 0.3) is 11.0 Å². The van der Waals surface area contributed by atoms with Gasteiger partial charge in [0.25, 0.3) is 0 Å². The Kier molecular flexibility index (Phi) is 2.86. The summed E-state index contributed by atoms with van der Waals surface area (Å²) in [5.41, 5.74) is 1.90. The number of benzene rings is 1. The summed E-state index contributed by atoms with van der Waals surface area (Å²) in [7, 11) is 0. The molecule has 0 bridgehead atoms. The fourth-order valence-corrected chi connectivity index (χ4v) is 0.788. The van der Waals surface area contributed by atoms with Crippen molar-refractivity contribution in [3.05, 3.63) is 24.3 Å². The van der Waals surface area contributed by atoms with Crippen molar-refractivity contribution in [3.8, 4) is 0 Å². The molecule has 2 aromatic rings. The number of aromatic nitrogens is 3. The SMILES string of the molecule is CCl.c1ccc2[nH]nnc2c1. The molecule has 2 rings (SSSR count). The second-order valence-corrected chi connectivity index (χ2v) is 1.83. The lowest BCUT2D eigenvalue weighted by atomic mass is 10.3. The third kappa shape index (κ3) is 1.68. The molecule has 0 aliphatic rings. The van der Waals surface area contributed by atoms with E-state index in [1.54, 1.807) is 0 Å². The molecule has 1 N–H and O–H groups in total. The number of alkyl halides is 1. The molecule has 1 heterocycles. The van der Waals surface area contributed by atoms with Gasteiger partial charge >= 0.3 is 0 Å². The zero-order valence-electron chi connectivity index (χ0n) is 6.08. The first-order chi connectivity index (χ1) is 5.47. The van der Waals surface area contributed by atoms with E-state index in [9.17, 15) is 0 Å². The maximum atomic E-state index is 4.64. The molecular formula is C7H8ClN3. The van der Waals surface area contributed by atoms with E-state index in [1.807, 2.05) is 24.3 Å². The summed E-state index contributed by atoms with van der Waals surface area (Å²) in [6.45, 7) is 0. The van der Waals surface area contributed by atoms with Gasteiger partial charge in [0, 0.05) is 6.38 Å². The normalized spacial score (nSPS) is 8.91. The molecule has 0 aliphatic carbocycles. The number of nitrogens with one attached hydrogen (secondary N) is 1. The summed E-state index contributed by atoms with van der Waals surface area (Å²) in [4.78, 5) is 0. The zero-order chi connectivity index (χ0) is 8.10. The van der Waals surface area contributed by atoms with Crippen molar-refractivity contribution >= 4 is 22.6 Å². The van der Waals surface area contributed by atoms with E-state index >= 15 is 0 Å². The lowest BCUT2D eigenvalue weighted by molar-refractivity contribution is 0.959. The van der Waals surface area contributed by atoms with E-state index in [0.717, 1.165) is 11.0 Å². The summed E-state index contributed by atoms with van der Waals surface area (Å²) in [5, 5.41) is 10.2. The minimum absolute atomic E-state index is 0.914. The Hall–Kier alpha value is -1.09. The summed E-state index contributed by atoms with van der Waals surface area (Å²) in [6.07, 6.45) is 1.47. The first-order valence-electron chi connectivity index (χ1n) is 3.10. The first-order valence-corrected chi connectivity index (χ1v) is 3.86. The fraction of sp³-hybridized carbons (Fsp3) is 0.143. The van der Waals surface area contributed by atoms with Crippen LogP contribution >= 0.6 is 11.6 Å². The van der Waals surface area contributed by atoms with E-state index in [2.05, 4.69) is 27.0 Å². The number of para-hydroxylation sites is 1. The Bertz CT molecular complexity index is 288. The van der Waals surface area contributed by atoms with E-state index in [-0.39, 0.29) is 0 Å². The van der Waals surface area contributed by atoms with E-state index in [1.165, 1.54) is 6.38 Å². The van der Waals surface area contributed by atoms with E-state index in [0.29, 0.717) is 0 Å². The minimum Gasteiger partial charge on any atom is -0.258 e. The number of rotatable bonds is 0. The molecule has 0 spiro atoms. The van der Waals surface area contributed by atoms with Gasteiger partial charge in [-0.25, -0.2) is 0 Å².